The van der Waals surface area contributed by atoms with E-state index in [9.17, 15) is 9.59 Å². The SMILES string of the molecule is COc1ccc2c(c1)C(NC1CC(=O)N(C)C1=O)CC2. The number of amides is 2. The molecule has 2 amide bonds. The van der Waals surface area contributed by atoms with Gasteiger partial charge in [-0.25, -0.2) is 0 Å². The van der Waals surface area contributed by atoms with Gasteiger partial charge in [0.05, 0.1) is 19.6 Å². The van der Waals surface area contributed by atoms with Crippen LogP contribution in [0.15, 0.2) is 18.2 Å². The number of hydrogen-bond donors (Lipinski definition) is 1. The van der Waals surface area contributed by atoms with Gasteiger partial charge in [-0.1, -0.05) is 6.07 Å². The molecule has 5 nitrogen and oxygen atoms in total. The summed E-state index contributed by atoms with van der Waals surface area (Å²) in [5, 5.41) is 3.33. The van der Waals surface area contributed by atoms with E-state index in [0.717, 1.165) is 18.6 Å². The number of hydrogen-bond acceptors (Lipinski definition) is 4. The van der Waals surface area contributed by atoms with Gasteiger partial charge >= 0.3 is 0 Å². The fourth-order valence-electron chi connectivity index (χ4n) is 3.01. The topological polar surface area (TPSA) is 58.6 Å². The van der Waals surface area contributed by atoms with Crippen molar-refractivity contribution in [1.29, 1.82) is 0 Å². The molecule has 0 bridgehead atoms. The number of nitrogens with zero attached hydrogens (tertiary/aromatic N) is 1. The summed E-state index contributed by atoms with van der Waals surface area (Å²) in [7, 11) is 3.19. The minimum Gasteiger partial charge on any atom is -0.497 e. The molecular formula is C15H18N2O3. The van der Waals surface area contributed by atoms with Gasteiger partial charge in [0.1, 0.15) is 5.75 Å². The number of rotatable bonds is 3. The van der Waals surface area contributed by atoms with Crippen molar-refractivity contribution in [2.24, 2.45) is 0 Å². The van der Waals surface area contributed by atoms with Crippen molar-refractivity contribution >= 4 is 11.8 Å². The summed E-state index contributed by atoms with van der Waals surface area (Å²) in [6.45, 7) is 0. The Labute approximate surface area is 117 Å². The Morgan fingerprint density at radius 1 is 1.30 bits per heavy atom. The standard InChI is InChI=1S/C15H18N2O3/c1-17-14(18)8-13(15(17)19)16-12-6-4-9-3-5-10(20-2)7-11(9)12/h3,5,7,12-13,16H,4,6,8H2,1-2H3. The van der Waals surface area contributed by atoms with E-state index in [1.165, 1.54) is 23.1 Å². The second-order valence-corrected chi connectivity index (χ2v) is 5.37. The summed E-state index contributed by atoms with van der Waals surface area (Å²) < 4.78 is 5.26. The smallest absolute Gasteiger partial charge is 0.246 e. The quantitative estimate of drug-likeness (QED) is 0.836. The number of aryl methyl sites for hydroxylation is 1. The van der Waals surface area contributed by atoms with Crippen LogP contribution in [0.2, 0.25) is 0 Å². The predicted molar refractivity (Wildman–Crippen MR) is 73.4 cm³/mol. The van der Waals surface area contributed by atoms with Crippen molar-refractivity contribution in [2.45, 2.75) is 31.3 Å². The molecule has 1 N–H and O–H groups in total. The molecule has 1 saturated heterocycles. The van der Waals surface area contributed by atoms with Crippen molar-refractivity contribution in [1.82, 2.24) is 10.2 Å². The van der Waals surface area contributed by atoms with E-state index in [1.807, 2.05) is 12.1 Å². The molecule has 106 valence electrons. The first-order chi connectivity index (χ1) is 9.60. The van der Waals surface area contributed by atoms with Crippen LogP contribution in [0.3, 0.4) is 0 Å². The van der Waals surface area contributed by atoms with Crippen LogP contribution in [0, 0.1) is 0 Å². The third-order valence-corrected chi connectivity index (χ3v) is 4.21. The molecule has 1 aromatic carbocycles. The average molecular weight is 274 g/mol. The molecule has 1 aliphatic heterocycles. The van der Waals surface area contributed by atoms with Crippen LogP contribution in [-0.2, 0) is 16.0 Å². The van der Waals surface area contributed by atoms with Gasteiger partial charge < -0.3 is 4.74 Å². The first-order valence-electron chi connectivity index (χ1n) is 6.83. The number of carbonyl (C=O) groups is 2. The fourth-order valence-corrected chi connectivity index (χ4v) is 3.01. The molecule has 1 aromatic rings. The van der Waals surface area contributed by atoms with E-state index < -0.39 is 6.04 Å². The summed E-state index contributed by atoms with van der Waals surface area (Å²) in [5.74, 6) is 0.575. The number of methoxy groups -OCH3 is 1. The Morgan fingerprint density at radius 3 is 2.75 bits per heavy atom. The molecule has 2 atom stereocenters. The predicted octanol–water partition coefficient (Wildman–Crippen LogP) is 1.03. The van der Waals surface area contributed by atoms with Crippen LogP contribution in [0.1, 0.15) is 30.0 Å². The van der Waals surface area contributed by atoms with E-state index >= 15 is 0 Å². The lowest BCUT2D eigenvalue weighted by Gasteiger charge is -2.18. The van der Waals surface area contributed by atoms with Gasteiger partial charge in [0, 0.05) is 13.1 Å². The van der Waals surface area contributed by atoms with E-state index in [-0.39, 0.29) is 24.3 Å². The van der Waals surface area contributed by atoms with Crippen LogP contribution in [-0.4, -0.2) is 36.9 Å². The van der Waals surface area contributed by atoms with Gasteiger partial charge in [0.25, 0.3) is 0 Å². The lowest BCUT2D eigenvalue weighted by atomic mass is 10.1. The van der Waals surface area contributed by atoms with Crippen LogP contribution in [0.5, 0.6) is 5.75 Å². The van der Waals surface area contributed by atoms with E-state index in [0.29, 0.717) is 0 Å². The second kappa shape index (κ2) is 4.90. The number of fused-ring (bicyclic) bond motifs is 1. The third-order valence-electron chi connectivity index (χ3n) is 4.21. The zero-order chi connectivity index (χ0) is 14.3. The zero-order valence-electron chi connectivity index (χ0n) is 11.7. The molecule has 0 aromatic heterocycles. The number of carbonyl (C=O) groups excluding carboxylic acids is 2. The first-order valence-corrected chi connectivity index (χ1v) is 6.83. The van der Waals surface area contributed by atoms with Gasteiger partial charge in [-0.05, 0) is 36.1 Å². The van der Waals surface area contributed by atoms with Crippen molar-refractivity contribution in [3.63, 3.8) is 0 Å². The van der Waals surface area contributed by atoms with Crippen molar-refractivity contribution in [3.8, 4) is 5.75 Å². The molecule has 5 heteroatoms. The molecule has 2 unspecified atom stereocenters. The van der Waals surface area contributed by atoms with Gasteiger partial charge in [-0.2, -0.15) is 0 Å². The minimum absolute atomic E-state index is 0.114. The van der Waals surface area contributed by atoms with E-state index in [1.54, 1.807) is 7.11 Å². The lowest BCUT2D eigenvalue weighted by molar-refractivity contribution is -0.137. The lowest BCUT2D eigenvalue weighted by Crippen LogP contribution is -2.38. The number of benzene rings is 1. The largest absolute Gasteiger partial charge is 0.497 e. The van der Waals surface area contributed by atoms with Gasteiger partial charge in [0.2, 0.25) is 11.8 Å². The fraction of sp³-hybridized carbons (Fsp3) is 0.467. The molecule has 2 aliphatic rings. The van der Waals surface area contributed by atoms with Crippen LogP contribution in [0.25, 0.3) is 0 Å². The average Bonchev–Trinajstić information content (AvgIpc) is 2.96. The Bertz CT molecular complexity index is 570. The molecule has 1 heterocycles. The van der Waals surface area contributed by atoms with Gasteiger partial charge in [-0.3, -0.25) is 19.8 Å². The second-order valence-electron chi connectivity index (χ2n) is 5.37. The molecule has 1 aliphatic carbocycles. The normalized spacial score (nSPS) is 25.2. The maximum absolute atomic E-state index is 12.0. The number of imide groups is 1. The number of likely N-dealkylation sites (tertiary alicyclic amines) is 1. The number of nitrogens with one attached hydrogen (secondary N) is 1. The summed E-state index contributed by atoms with van der Waals surface area (Å²) in [5.41, 5.74) is 2.47. The van der Waals surface area contributed by atoms with Crippen molar-refractivity contribution in [2.75, 3.05) is 14.2 Å². The van der Waals surface area contributed by atoms with E-state index in [4.69, 9.17) is 4.74 Å². The minimum atomic E-state index is -0.394. The van der Waals surface area contributed by atoms with Crippen molar-refractivity contribution in [3.05, 3.63) is 29.3 Å². The highest BCUT2D eigenvalue weighted by Gasteiger charge is 2.38. The monoisotopic (exact) mass is 274 g/mol. The zero-order valence-corrected chi connectivity index (χ0v) is 11.7. The number of ether oxygens (including phenoxy) is 1. The van der Waals surface area contributed by atoms with Crippen LogP contribution >= 0.6 is 0 Å². The molecular weight excluding hydrogens is 256 g/mol. The Morgan fingerprint density at radius 2 is 2.10 bits per heavy atom. The Balaban J connectivity index is 1.78. The maximum atomic E-state index is 12.0. The highest BCUT2D eigenvalue weighted by Crippen LogP contribution is 2.34. The molecule has 0 saturated carbocycles. The van der Waals surface area contributed by atoms with Crippen molar-refractivity contribution < 1.29 is 14.3 Å². The highest BCUT2D eigenvalue weighted by molar-refractivity contribution is 6.05. The highest BCUT2D eigenvalue weighted by atomic mass is 16.5. The van der Waals surface area contributed by atoms with Crippen LogP contribution < -0.4 is 10.1 Å². The van der Waals surface area contributed by atoms with E-state index in [2.05, 4.69) is 11.4 Å². The molecule has 20 heavy (non-hydrogen) atoms. The first kappa shape index (κ1) is 13.1. The summed E-state index contributed by atoms with van der Waals surface area (Å²) in [4.78, 5) is 24.7. The Hall–Kier alpha value is -1.88. The Kier molecular flexibility index (Phi) is 3.22. The molecule has 1 fully saturated rings. The van der Waals surface area contributed by atoms with Crippen LogP contribution in [0.4, 0.5) is 0 Å². The van der Waals surface area contributed by atoms with Gasteiger partial charge in [-0.15, -0.1) is 0 Å². The summed E-state index contributed by atoms with van der Waals surface area (Å²) in [6, 6.07) is 5.77. The maximum Gasteiger partial charge on any atom is 0.246 e. The molecule has 3 rings (SSSR count). The summed E-state index contributed by atoms with van der Waals surface area (Å²) in [6.07, 6.45) is 2.19. The third kappa shape index (κ3) is 2.08. The molecule has 0 spiro atoms. The summed E-state index contributed by atoms with van der Waals surface area (Å²) >= 11 is 0. The number of likely N-dealkylation sites (N-methyl/N-ethyl adjacent to an activating group) is 1. The van der Waals surface area contributed by atoms with Gasteiger partial charge in [0.15, 0.2) is 0 Å². The molecule has 0 radical (unpaired) electrons.